The third kappa shape index (κ3) is 2.36. The van der Waals surface area contributed by atoms with Crippen LogP contribution in [-0.2, 0) is 0 Å². The fourth-order valence-corrected chi connectivity index (χ4v) is 2.50. The number of likely N-dealkylation sites (tertiary alicyclic amines) is 1. The molecule has 0 aliphatic carbocycles. The molecule has 1 saturated heterocycles. The molecule has 0 N–H and O–H groups in total. The van der Waals surface area contributed by atoms with E-state index in [9.17, 15) is 4.79 Å². The highest BCUT2D eigenvalue weighted by atomic mass is 79.9. The molecule has 0 bridgehead atoms. The minimum absolute atomic E-state index is 0.00815. The van der Waals surface area contributed by atoms with Crippen molar-refractivity contribution in [2.24, 2.45) is 0 Å². The van der Waals surface area contributed by atoms with Crippen LogP contribution in [0, 0.1) is 0 Å². The molecule has 86 valence electrons. The molecular formula is C11H10BrCl2NO. The Morgan fingerprint density at radius 2 is 1.69 bits per heavy atom. The molecule has 1 amide bonds. The second kappa shape index (κ2) is 4.94. The average Bonchev–Trinajstić information content (AvgIpc) is 2.77. The smallest absolute Gasteiger partial charge is 0.253 e. The fraction of sp³-hybridized carbons (Fsp3) is 0.364. The monoisotopic (exact) mass is 321 g/mol. The zero-order chi connectivity index (χ0) is 11.7. The summed E-state index contributed by atoms with van der Waals surface area (Å²) < 4.78 is 0.633. The standard InChI is InChI=1S/C11H10BrCl2NO/c12-10-8(13)5-7(6-9(10)14)11(16)15-3-1-2-4-15/h5-6H,1-4H2. The van der Waals surface area contributed by atoms with Crippen molar-refractivity contribution >= 4 is 45.0 Å². The van der Waals surface area contributed by atoms with Crippen molar-refractivity contribution in [1.82, 2.24) is 4.90 Å². The van der Waals surface area contributed by atoms with Gasteiger partial charge in [-0.15, -0.1) is 0 Å². The summed E-state index contributed by atoms with van der Waals surface area (Å²) in [5, 5.41) is 0.935. The molecule has 0 aromatic heterocycles. The number of benzene rings is 1. The SMILES string of the molecule is O=C(c1cc(Cl)c(Br)c(Cl)c1)N1CCCC1. The van der Waals surface area contributed by atoms with E-state index in [2.05, 4.69) is 15.9 Å². The zero-order valence-electron chi connectivity index (χ0n) is 8.47. The van der Waals surface area contributed by atoms with Crippen LogP contribution in [-0.4, -0.2) is 23.9 Å². The van der Waals surface area contributed by atoms with Gasteiger partial charge < -0.3 is 4.90 Å². The number of halogens is 3. The van der Waals surface area contributed by atoms with E-state index in [0.717, 1.165) is 25.9 Å². The van der Waals surface area contributed by atoms with E-state index in [4.69, 9.17) is 23.2 Å². The molecule has 0 unspecified atom stereocenters. The maximum atomic E-state index is 12.1. The van der Waals surface area contributed by atoms with Gasteiger partial charge in [-0.1, -0.05) is 23.2 Å². The molecule has 16 heavy (non-hydrogen) atoms. The Morgan fingerprint density at radius 3 is 2.19 bits per heavy atom. The Labute approximate surface area is 113 Å². The van der Waals surface area contributed by atoms with Gasteiger partial charge >= 0.3 is 0 Å². The molecule has 1 aromatic rings. The molecule has 0 spiro atoms. The number of nitrogens with zero attached hydrogens (tertiary/aromatic N) is 1. The average molecular weight is 323 g/mol. The lowest BCUT2D eigenvalue weighted by atomic mass is 10.2. The highest BCUT2D eigenvalue weighted by molar-refractivity contribution is 9.10. The molecule has 0 atom stereocenters. The number of hydrogen-bond donors (Lipinski definition) is 0. The van der Waals surface area contributed by atoms with Crippen molar-refractivity contribution in [1.29, 1.82) is 0 Å². The number of hydrogen-bond acceptors (Lipinski definition) is 1. The van der Waals surface area contributed by atoms with Gasteiger partial charge in [0.05, 0.1) is 14.5 Å². The summed E-state index contributed by atoms with van der Waals surface area (Å²) in [4.78, 5) is 13.9. The molecule has 1 aliphatic heterocycles. The highest BCUT2D eigenvalue weighted by Crippen LogP contribution is 2.32. The van der Waals surface area contributed by atoms with Crippen molar-refractivity contribution in [3.8, 4) is 0 Å². The third-order valence-electron chi connectivity index (χ3n) is 2.62. The van der Waals surface area contributed by atoms with Crippen LogP contribution in [0.25, 0.3) is 0 Å². The van der Waals surface area contributed by atoms with Crippen molar-refractivity contribution in [3.63, 3.8) is 0 Å². The van der Waals surface area contributed by atoms with Crippen LogP contribution in [0.1, 0.15) is 23.2 Å². The van der Waals surface area contributed by atoms with E-state index in [1.54, 1.807) is 12.1 Å². The first-order chi connectivity index (χ1) is 7.59. The second-order valence-corrected chi connectivity index (χ2v) is 5.36. The maximum absolute atomic E-state index is 12.1. The van der Waals surface area contributed by atoms with E-state index in [-0.39, 0.29) is 5.91 Å². The van der Waals surface area contributed by atoms with Crippen LogP contribution >= 0.6 is 39.1 Å². The largest absolute Gasteiger partial charge is 0.339 e. The molecule has 1 fully saturated rings. The van der Waals surface area contributed by atoms with Gasteiger partial charge in [-0.05, 0) is 40.9 Å². The first-order valence-corrected chi connectivity index (χ1v) is 6.58. The first kappa shape index (κ1) is 12.2. The molecule has 2 nitrogen and oxygen atoms in total. The van der Waals surface area contributed by atoms with Crippen molar-refractivity contribution in [2.45, 2.75) is 12.8 Å². The lowest BCUT2D eigenvalue weighted by molar-refractivity contribution is 0.0793. The summed E-state index contributed by atoms with van der Waals surface area (Å²) in [6.07, 6.45) is 2.15. The Hall–Kier alpha value is -0.250. The molecule has 1 aliphatic rings. The predicted octanol–water partition coefficient (Wildman–Crippen LogP) is 3.99. The van der Waals surface area contributed by atoms with Gasteiger partial charge in [0.1, 0.15) is 0 Å². The third-order valence-corrected chi connectivity index (χ3v) is 4.53. The minimum atomic E-state index is 0.00815. The molecule has 1 heterocycles. The van der Waals surface area contributed by atoms with Gasteiger partial charge in [-0.3, -0.25) is 4.79 Å². The van der Waals surface area contributed by atoms with Gasteiger partial charge in [-0.25, -0.2) is 0 Å². The lowest BCUT2D eigenvalue weighted by Crippen LogP contribution is -2.27. The van der Waals surface area contributed by atoms with E-state index < -0.39 is 0 Å². The fourth-order valence-electron chi connectivity index (χ4n) is 1.78. The zero-order valence-corrected chi connectivity index (χ0v) is 11.6. The summed E-state index contributed by atoms with van der Waals surface area (Å²) in [5.41, 5.74) is 0.556. The summed E-state index contributed by atoms with van der Waals surface area (Å²) in [6, 6.07) is 3.30. The van der Waals surface area contributed by atoms with E-state index in [1.807, 2.05) is 4.90 Å². The van der Waals surface area contributed by atoms with Crippen LogP contribution in [0.5, 0.6) is 0 Å². The Bertz CT molecular complexity index is 407. The number of rotatable bonds is 1. The first-order valence-electron chi connectivity index (χ1n) is 5.03. The predicted molar refractivity (Wildman–Crippen MR) is 69.3 cm³/mol. The van der Waals surface area contributed by atoms with Crippen LogP contribution in [0.2, 0.25) is 10.0 Å². The summed E-state index contributed by atoms with van der Waals surface area (Å²) >= 11 is 15.2. The molecule has 0 radical (unpaired) electrons. The molecule has 0 saturated carbocycles. The lowest BCUT2D eigenvalue weighted by Gasteiger charge is -2.15. The summed E-state index contributed by atoms with van der Waals surface area (Å²) in [5.74, 6) is 0.00815. The van der Waals surface area contributed by atoms with Gasteiger partial charge in [-0.2, -0.15) is 0 Å². The van der Waals surface area contributed by atoms with Crippen molar-refractivity contribution < 1.29 is 4.79 Å². The molecular weight excluding hydrogens is 313 g/mol. The van der Waals surface area contributed by atoms with Gasteiger partial charge in [0.2, 0.25) is 0 Å². The van der Waals surface area contributed by atoms with Crippen LogP contribution in [0.4, 0.5) is 0 Å². The van der Waals surface area contributed by atoms with Gasteiger partial charge in [0, 0.05) is 18.7 Å². The molecule has 5 heteroatoms. The van der Waals surface area contributed by atoms with E-state index in [1.165, 1.54) is 0 Å². The molecule has 1 aromatic carbocycles. The second-order valence-electron chi connectivity index (χ2n) is 3.75. The highest BCUT2D eigenvalue weighted by Gasteiger charge is 2.20. The number of amides is 1. The minimum Gasteiger partial charge on any atom is -0.339 e. The van der Waals surface area contributed by atoms with Crippen LogP contribution in [0.3, 0.4) is 0 Å². The van der Waals surface area contributed by atoms with Gasteiger partial charge in [0.25, 0.3) is 5.91 Å². The van der Waals surface area contributed by atoms with Crippen molar-refractivity contribution in [2.75, 3.05) is 13.1 Å². The Kier molecular flexibility index (Phi) is 3.77. The normalized spacial score (nSPS) is 15.6. The maximum Gasteiger partial charge on any atom is 0.253 e. The van der Waals surface area contributed by atoms with Gasteiger partial charge in [0.15, 0.2) is 0 Å². The van der Waals surface area contributed by atoms with Crippen LogP contribution < -0.4 is 0 Å². The summed E-state index contributed by atoms with van der Waals surface area (Å²) in [6.45, 7) is 1.65. The number of carbonyl (C=O) groups excluding carboxylic acids is 1. The quantitative estimate of drug-likeness (QED) is 0.716. The Balaban J connectivity index is 2.29. The number of carbonyl (C=O) groups is 1. The topological polar surface area (TPSA) is 20.3 Å². The van der Waals surface area contributed by atoms with E-state index >= 15 is 0 Å². The van der Waals surface area contributed by atoms with Crippen molar-refractivity contribution in [3.05, 3.63) is 32.2 Å². The molecule has 2 rings (SSSR count). The summed E-state index contributed by atoms with van der Waals surface area (Å²) in [7, 11) is 0. The van der Waals surface area contributed by atoms with E-state index in [0.29, 0.717) is 20.1 Å². The van der Waals surface area contributed by atoms with Crippen LogP contribution in [0.15, 0.2) is 16.6 Å². The Morgan fingerprint density at radius 1 is 1.19 bits per heavy atom.